The molecule has 2 aliphatic heterocycles. The van der Waals surface area contributed by atoms with Crippen LogP contribution in [0, 0.1) is 12.8 Å². The number of nitrogens with zero attached hydrogens (tertiary/aromatic N) is 2. The molecule has 1 unspecified atom stereocenters. The highest BCUT2D eigenvalue weighted by atomic mass is 32.2. The van der Waals surface area contributed by atoms with Crippen LogP contribution < -0.4 is 0 Å². The minimum atomic E-state index is -5.28. The van der Waals surface area contributed by atoms with Crippen LogP contribution in [-0.4, -0.2) is 72.4 Å². The molecule has 3 rings (SSSR count). The zero-order valence-corrected chi connectivity index (χ0v) is 18.1. The highest BCUT2D eigenvalue weighted by molar-refractivity contribution is 7.90. The number of pyridine rings is 1. The van der Waals surface area contributed by atoms with Gasteiger partial charge in [-0.15, -0.1) is 0 Å². The van der Waals surface area contributed by atoms with Gasteiger partial charge in [0.2, 0.25) is 0 Å². The first-order valence-corrected chi connectivity index (χ1v) is 11.0. The second-order valence-corrected chi connectivity index (χ2v) is 9.46. The van der Waals surface area contributed by atoms with E-state index >= 15 is 0 Å². The smallest absolute Gasteiger partial charge is 0.475 e. The third-order valence-corrected chi connectivity index (χ3v) is 6.69. The van der Waals surface area contributed by atoms with Gasteiger partial charge in [-0.05, 0) is 37.8 Å². The second-order valence-electron chi connectivity index (χ2n) is 7.53. The van der Waals surface area contributed by atoms with Gasteiger partial charge in [0.15, 0.2) is 0 Å². The molecule has 188 valence electrons. The van der Waals surface area contributed by atoms with Gasteiger partial charge in [-0.25, -0.2) is 13.2 Å². The minimum absolute atomic E-state index is 0.0207. The number of sulfonamides is 1. The van der Waals surface area contributed by atoms with E-state index in [1.807, 2.05) is 25.1 Å². The molecular weight excluding hydrogens is 486 g/mol. The van der Waals surface area contributed by atoms with Crippen molar-refractivity contribution in [1.82, 2.24) is 9.29 Å². The highest BCUT2D eigenvalue weighted by Gasteiger charge is 2.61. The standard InChI is InChI=1S/C16H21F3N2O4S.C2HF3O2/c1-12-3-2-4-14(20-12)9-24-7-5-13-6-8-25-15(13)10-21(11-15)26(22,23)16(17,18)19;3-2(4,5)1(6)7/h2-4,13H,5-11H2,1H3;(H,6,7). The summed E-state index contributed by atoms with van der Waals surface area (Å²) in [6, 6.07) is 5.64. The van der Waals surface area contributed by atoms with E-state index in [0.717, 1.165) is 11.4 Å². The predicted octanol–water partition coefficient (Wildman–Crippen LogP) is 2.87. The third kappa shape index (κ3) is 6.77. The van der Waals surface area contributed by atoms with Crippen LogP contribution >= 0.6 is 0 Å². The lowest BCUT2D eigenvalue weighted by Gasteiger charge is -2.49. The number of alkyl halides is 6. The van der Waals surface area contributed by atoms with Gasteiger partial charge in [0.25, 0.3) is 0 Å². The van der Waals surface area contributed by atoms with Crippen molar-refractivity contribution in [2.75, 3.05) is 26.3 Å². The fraction of sp³-hybridized carbons (Fsp3) is 0.667. The fourth-order valence-corrected chi connectivity index (χ4v) is 4.56. The Hall–Kier alpha value is -1.97. The number of carbonyl (C=O) groups is 1. The maximum Gasteiger partial charge on any atom is 0.511 e. The lowest BCUT2D eigenvalue weighted by atomic mass is 9.80. The van der Waals surface area contributed by atoms with Crippen molar-refractivity contribution < 1.29 is 54.1 Å². The largest absolute Gasteiger partial charge is 0.511 e. The van der Waals surface area contributed by atoms with E-state index < -0.39 is 33.3 Å². The Balaban J connectivity index is 0.000000479. The van der Waals surface area contributed by atoms with Crippen LogP contribution in [0.3, 0.4) is 0 Å². The van der Waals surface area contributed by atoms with Crippen LogP contribution in [-0.2, 0) is 30.9 Å². The van der Waals surface area contributed by atoms with E-state index in [2.05, 4.69) is 4.98 Å². The first-order chi connectivity index (χ1) is 15.1. The van der Waals surface area contributed by atoms with Gasteiger partial charge in [-0.1, -0.05) is 6.07 Å². The molecule has 3 heterocycles. The zero-order valence-electron chi connectivity index (χ0n) is 17.3. The Morgan fingerprint density at radius 1 is 1.27 bits per heavy atom. The Labute approximate surface area is 185 Å². The Morgan fingerprint density at radius 3 is 2.39 bits per heavy atom. The number of aliphatic carboxylic acids is 1. The maximum atomic E-state index is 12.6. The number of rotatable bonds is 6. The van der Waals surface area contributed by atoms with Crippen molar-refractivity contribution in [1.29, 1.82) is 0 Å². The molecule has 0 saturated carbocycles. The summed E-state index contributed by atoms with van der Waals surface area (Å²) in [6.07, 6.45) is -3.79. The lowest BCUT2D eigenvalue weighted by molar-refractivity contribution is -0.192. The lowest BCUT2D eigenvalue weighted by Crippen LogP contribution is -2.67. The molecule has 2 fully saturated rings. The van der Waals surface area contributed by atoms with Crippen LogP contribution in [0.1, 0.15) is 24.2 Å². The van der Waals surface area contributed by atoms with Gasteiger partial charge in [-0.3, -0.25) is 4.98 Å². The van der Waals surface area contributed by atoms with E-state index in [0.29, 0.717) is 37.0 Å². The molecule has 2 saturated heterocycles. The number of hydrogen-bond acceptors (Lipinski definition) is 6. The summed E-state index contributed by atoms with van der Waals surface area (Å²) in [5, 5.41) is 7.12. The molecule has 1 N–H and O–H groups in total. The van der Waals surface area contributed by atoms with Crippen LogP contribution in [0.2, 0.25) is 0 Å². The van der Waals surface area contributed by atoms with Gasteiger partial charge < -0.3 is 14.6 Å². The first-order valence-electron chi connectivity index (χ1n) is 9.59. The Bertz CT molecular complexity index is 931. The Morgan fingerprint density at radius 2 is 1.88 bits per heavy atom. The summed E-state index contributed by atoms with van der Waals surface area (Å²) in [5.41, 5.74) is -4.38. The van der Waals surface area contributed by atoms with Crippen LogP contribution in [0.15, 0.2) is 18.2 Å². The quantitative estimate of drug-likeness (QED) is 0.465. The van der Waals surface area contributed by atoms with Crippen LogP contribution in [0.5, 0.6) is 0 Å². The molecule has 1 spiro atoms. The molecule has 0 bridgehead atoms. The fourth-order valence-electron chi connectivity index (χ4n) is 3.49. The topological polar surface area (TPSA) is 106 Å². The molecule has 0 radical (unpaired) electrons. The van der Waals surface area contributed by atoms with E-state index in [4.69, 9.17) is 19.4 Å². The second kappa shape index (κ2) is 10.1. The SMILES string of the molecule is Cc1cccc(COCCC2CCOC23CN(S(=O)(=O)C(F)(F)F)C3)n1.O=C(O)C(F)(F)F. The number of halogens is 6. The molecule has 0 amide bonds. The van der Waals surface area contributed by atoms with Crippen molar-refractivity contribution in [2.24, 2.45) is 5.92 Å². The van der Waals surface area contributed by atoms with Crippen molar-refractivity contribution >= 4 is 16.0 Å². The first kappa shape index (κ1) is 27.3. The zero-order chi connectivity index (χ0) is 25.1. The molecular formula is C18H22F6N2O6S. The number of ether oxygens (including phenoxy) is 2. The normalized spacial score (nSPS) is 20.8. The van der Waals surface area contributed by atoms with Gasteiger partial charge in [0.05, 0.1) is 17.9 Å². The molecule has 8 nitrogen and oxygen atoms in total. The van der Waals surface area contributed by atoms with Crippen molar-refractivity contribution in [3.05, 3.63) is 29.6 Å². The van der Waals surface area contributed by atoms with Crippen LogP contribution in [0.25, 0.3) is 0 Å². The molecule has 2 aliphatic rings. The minimum Gasteiger partial charge on any atom is -0.475 e. The van der Waals surface area contributed by atoms with E-state index in [9.17, 15) is 34.8 Å². The number of carboxylic acid groups (broad SMARTS) is 1. The molecule has 0 aliphatic carbocycles. The van der Waals surface area contributed by atoms with E-state index in [-0.39, 0.29) is 19.0 Å². The van der Waals surface area contributed by atoms with Crippen LogP contribution in [0.4, 0.5) is 26.3 Å². The van der Waals surface area contributed by atoms with Crippen molar-refractivity contribution in [3.8, 4) is 0 Å². The Kier molecular flexibility index (Phi) is 8.36. The third-order valence-electron chi connectivity index (χ3n) is 5.17. The van der Waals surface area contributed by atoms with E-state index in [1.165, 1.54) is 0 Å². The number of aromatic nitrogens is 1. The summed E-state index contributed by atoms with van der Waals surface area (Å²) in [4.78, 5) is 13.2. The van der Waals surface area contributed by atoms with Gasteiger partial charge in [-0.2, -0.15) is 30.6 Å². The highest BCUT2D eigenvalue weighted by Crippen LogP contribution is 2.44. The monoisotopic (exact) mass is 508 g/mol. The molecule has 1 aromatic heterocycles. The van der Waals surface area contributed by atoms with E-state index in [1.54, 1.807) is 0 Å². The molecule has 1 aromatic rings. The summed E-state index contributed by atoms with van der Waals surface area (Å²) < 4.78 is 104. The van der Waals surface area contributed by atoms with Gasteiger partial charge in [0, 0.05) is 32.0 Å². The average Bonchev–Trinajstić information content (AvgIpc) is 3.07. The molecule has 15 heteroatoms. The molecule has 33 heavy (non-hydrogen) atoms. The number of aryl methyl sites for hydroxylation is 1. The average molecular weight is 508 g/mol. The summed E-state index contributed by atoms with van der Waals surface area (Å²) in [7, 11) is -5.28. The molecule has 0 aromatic carbocycles. The summed E-state index contributed by atoms with van der Waals surface area (Å²) in [6.45, 7) is 2.58. The number of hydrogen-bond donors (Lipinski definition) is 1. The molecule has 1 atom stereocenters. The van der Waals surface area contributed by atoms with Gasteiger partial charge in [0.1, 0.15) is 0 Å². The number of carboxylic acids is 1. The summed E-state index contributed by atoms with van der Waals surface area (Å²) >= 11 is 0. The summed E-state index contributed by atoms with van der Waals surface area (Å²) in [5.74, 6) is -2.78. The van der Waals surface area contributed by atoms with Crippen molar-refractivity contribution in [2.45, 2.75) is 43.7 Å². The predicted molar refractivity (Wildman–Crippen MR) is 100 cm³/mol. The maximum absolute atomic E-state index is 12.6. The van der Waals surface area contributed by atoms with Gasteiger partial charge >= 0.3 is 27.7 Å². The van der Waals surface area contributed by atoms with Crippen molar-refractivity contribution in [3.63, 3.8) is 0 Å².